The van der Waals surface area contributed by atoms with Gasteiger partial charge in [-0.3, -0.25) is 0 Å². The zero-order valence-electron chi connectivity index (χ0n) is 23.6. The van der Waals surface area contributed by atoms with Gasteiger partial charge in [0.25, 0.3) is 8.32 Å². The molecule has 5 heteroatoms. The Morgan fingerprint density at radius 2 is 1.29 bits per heavy atom. The highest BCUT2D eigenvalue weighted by molar-refractivity contribution is 9.09. The number of benzene rings is 3. The summed E-state index contributed by atoms with van der Waals surface area (Å²) in [6, 6.07) is 29.9. The fourth-order valence-electron chi connectivity index (χ4n) is 5.13. The predicted octanol–water partition coefficient (Wildman–Crippen LogP) is 7.89. The lowest BCUT2D eigenvalue weighted by Crippen LogP contribution is -2.67. The molecule has 0 N–H and O–H groups in total. The SMILES string of the molecule is COc1ccc(CO[C@@H](CCCCCCCBr)CO[Si](c2ccccc2)(c2ccccc2)C(C)(C)C)cc1. The van der Waals surface area contributed by atoms with Crippen molar-refractivity contribution in [1.82, 2.24) is 0 Å². The lowest BCUT2D eigenvalue weighted by atomic mass is 10.1. The summed E-state index contributed by atoms with van der Waals surface area (Å²) in [6.07, 6.45) is 7.22. The monoisotopic (exact) mass is 596 g/mol. The summed E-state index contributed by atoms with van der Waals surface area (Å²) in [5, 5.41) is 3.66. The average Bonchev–Trinajstić information content (AvgIpc) is 2.94. The zero-order chi connectivity index (χ0) is 27.3. The molecule has 0 aliphatic rings. The van der Waals surface area contributed by atoms with Gasteiger partial charge in [0.2, 0.25) is 0 Å². The van der Waals surface area contributed by atoms with Crippen molar-refractivity contribution in [3.05, 3.63) is 90.5 Å². The van der Waals surface area contributed by atoms with Crippen molar-refractivity contribution in [2.24, 2.45) is 0 Å². The van der Waals surface area contributed by atoms with Crippen molar-refractivity contribution in [2.45, 2.75) is 77.0 Å². The van der Waals surface area contributed by atoms with E-state index >= 15 is 0 Å². The van der Waals surface area contributed by atoms with Gasteiger partial charge in [0, 0.05) is 5.33 Å². The first-order valence-corrected chi connectivity index (χ1v) is 17.0. The fraction of sp³-hybridized carbons (Fsp3) is 0.455. The van der Waals surface area contributed by atoms with Crippen molar-refractivity contribution in [2.75, 3.05) is 19.0 Å². The maximum Gasteiger partial charge on any atom is 0.261 e. The zero-order valence-corrected chi connectivity index (χ0v) is 26.2. The summed E-state index contributed by atoms with van der Waals surface area (Å²) in [6.45, 7) is 8.15. The van der Waals surface area contributed by atoms with Crippen LogP contribution in [0.3, 0.4) is 0 Å². The van der Waals surface area contributed by atoms with E-state index in [9.17, 15) is 0 Å². The van der Waals surface area contributed by atoms with Gasteiger partial charge in [-0.1, -0.05) is 135 Å². The molecule has 38 heavy (non-hydrogen) atoms. The Hall–Kier alpha value is -1.92. The maximum absolute atomic E-state index is 7.24. The smallest absolute Gasteiger partial charge is 0.261 e. The third-order valence-corrected chi connectivity index (χ3v) is 12.8. The Bertz CT molecular complexity index is 996. The van der Waals surface area contributed by atoms with Crippen LogP contribution in [0, 0.1) is 0 Å². The van der Waals surface area contributed by atoms with Crippen molar-refractivity contribution in [3.8, 4) is 5.75 Å². The molecule has 1 atom stereocenters. The van der Waals surface area contributed by atoms with E-state index in [-0.39, 0.29) is 11.1 Å². The van der Waals surface area contributed by atoms with E-state index in [0.717, 1.165) is 29.5 Å². The summed E-state index contributed by atoms with van der Waals surface area (Å²) in [5.74, 6) is 0.865. The Morgan fingerprint density at radius 1 is 0.737 bits per heavy atom. The van der Waals surface area contributed by atoms with E-state index in [4.69, 9.17) is 13.9 Å². The summed E-state index contributed by atoms with van der Waals surface area (Å²) < 4.78 is 19.1. The lowest BCUT2D eigenvalue weighted by Gasteiger charge is -2.43. The van der Waals surface area contributed by atoms with E-state index in [1.165, 1.54) is 36.1 Å². The number of hydrogen-bond acceptors (Lipinski definition) is 3. The highest BCUT2D eigenvalue weighted by atomic mass is 79.9. The molecular weight excluding hydrogens is 552 g/mol. The molecule has 3 nitrogen and oxygen atoms in total. The van der Waals surface area contributed by atoms with Gasteiger partial charge in [-0.15, -0.1) is 0 Å². The van der Waals surface area contributed by atoms with E-state index in [1.807, 2.05) is 12.1 Å². The summed E-state index contributed by atoms with van der Waals surface area (Å²) in [5.41, 5.74) is 1.15. The molecule has 0 saturated heterocycles. The van der Waals surface area contributed by atoms with Crippen LogP contribution >= 0.6 is 15.9 Å². The molecule has 3 rings (SSSR count). The first-order valence-electron chi connectivity index (χ1n) is 14.0. The minimum atomic E-state index is -2.60. The van der Waals surface area contributed by atoms with Crippen molar-refractivity contribution < 1.29 is 13.9 Å². The second-order valence-electron chi connectivity index (χ2n) is 11.0. The topological polar surface area (TPSA) is 27.7 Å². The van der Waals surface area contributed by atoms with Crippen LogP contribution in [0.25, 0.3) is 0 Å². The van der Waals surface area contributed by atoms with Gasteiger partial charge in [0.15, 0.2) is 0 Å². The number of alkyl halides is 1. The van der Waals surface area contributed by atoms with E-state index < -0.39 is 8.32 Å². The molecule has 0 aliphatic heterocycles. The van der Waals surface area contributed by atoms with Crippen molar-refractivity contribution in [1.29, 1.82) is 0 Å². The Balaban J connectivity index is 1.82. The molecule has 0 bridgehead atoms. The van der Waals surface area contributed by atoms with Gasteiger partial charge in [-0.2, -0.15) is 0 Å². The third kappa shape index (κ3) is 8.54. The molecule has 0 amide bonds. The second-order valence-corrected chi connectivity index (χ2v) is 16.1. The molecule has 0 fully saturated rings. The van der Waals surface area contributed by atoms with Gasteiger partial charge >= 0.3 is 0 Å². The van der Waals surface area contributed by atoms with Gasteiger partial charge in [0.05, 0.1) is 26.4 Å². The molecule has 0 aromatic heterocycles. The molecular formula is C33H45BrO3Si. The quantitative estimate of drug-likeness (QED) is 0.0955. The molecule has 0 heterocycles. The molecule has 0 spiro atoms. The summed E-state index contributed by atoms with van der Waals surface area (Å²) >= 11 is 3.55. The Morgan fingerprint density at radius 3 is 1.82 bits per heavy atom. The molecule has 0 aliphatic carbocycles. The molecule has 0 saturated carbocycles. The maximum atomic E-state index is 7.24. The van der Waals surface area contributed by atoms with Crippen LogP contribution in [-0.4, -0.2) is 33.5 Å². The minimum absolute atomic E-state index is 0.0370. The van der Waals surface area contributed by atoms with Gasteiger partial charge in [0.1, 0.15) is 5.75 Å². The number of unbranched alkanes of at least 4 members (excludes halogenated alkanes) is 4. The van der Waals surface area contributed by atoms with Gasteiger partial charge in [-0.25, -0.2) is 0 Å². The number of hydrogen-bond donors (Lipinski definition) is 0. The number of methoxy groups -OCH3 is 1. The van der Waals surface area contributed by atoms with Crippen LogP contribution in [0.1, 0.15) is 64.9 Å². The van der Waals surface area contributed by atoms with Crippen LogP contribution in [0.4, 0.5) is 0 Å². The van der Waals surface area contributed by atoms with Crippen molar-refractivity contribution >= 4 is 34.6 Å². The van der Waals surface area contributed by atoms with Gasteiger partial charge < -0.3 is 13.9 Å². The molecule has 3 aromatic rings. The fourth-order valence-corrected chi connectivity index (χ4v) is 10.1. The first-order chi connectivity index (χ1) is 18.4. The van der Waals surface area contributed by atoms with E-state index in [1.54, 1.807) is 7.11 Å². The third-order valence-electron chi connectivity index (χ3n) is 7.21. The molecule has 206 valence electrons. The summed E-state index contributed by atoms with van der Waals surface area (Å²) in [4.78, 5) is 0. The number of rotatable bonds is 16. The lowest BCUT2D eigenvalue weighted by molar-refractivity contribution is 0.000769. The van der Waals surface area contributed by atoms with Crippen LogP contribution < -0.4 is 15.1 Å². The highest BCUT2D eigenvalue weighted by Crippen LogP contribution is 2.37. The van der Waals surface area contributed by atoms with E-state index in [2.05, 4.69) is 109 Å². The molecule has 3 aromatic carbocycles. The van der Waals surface area contributed by atoms with Crippen LogP contribution in [0.2, 0.25) is 5.04 Å². The summed E-state index contributed by atoms with van der Waals surface area (Å²) in [7, 11) is -0.904. The van der Waals surface area contributed by atoms with Crippen LogP contribution in [0.15, 0.2) is 84.9 Å². The Kier molecular flexibility index (Phi) is 12.6. The largest absolute Gasteiger partial charge is 0.497 e. The van der Waals surface area contributed by atoms with Crippen molar-refractivity contribution in [3.63, 3.8) is 0 Å². The van der Waals surface area contributed by atoms with Gasteiger partial charge in [-0.05, 0) is 45.9 Å². The normalized spacial score (nSPS) is 12.9. The molecule has 0 radical (unpaired) electrons. The number of halogens is 1. The van der Waals surface area contributed by atoms with E-state index in [0.29, 0.717) is 13.2 Å². The van der Waals surface area contributed by atoms with Crippen LogP contribution in [-0.2, 0) is 15.8 Å². The minimum Gasteiger partial charge on any atom is -0.497 e. The predicted molar refractivity (Wildman–Crippen MR) is 167 cm³/mol. The average molecular weight is 598 g/mol. The molecule has 0 unspecified atom stereocenters. The second kappa shape index (κ2) is 15.6. The van der Waals surface area contributed by atoms with Crippen LogP contribution in [0.5, 0.6) is 5.75 Å². The number of ether oxygens (including phenoxy) is 2. The first kappa shape index (κ1) is 30.6. The highest BCUT2D eigenvalue weighted by Gasteiger charge is 2.50. The Labute approximate surface area is 240 Å². The standard InChI is InChI=1S/C33H45BrO3Si/c1-33(2,3)38(31-17-11-8-12-18-31,32-19-13-9-14-20-32)37-27-30(16-10-6-5-7-15-25-34)36-26-28-21-23-29(35-4)24-22-28/h8-9,11-14,17-24,30H,5-7,10,15-16,25-27H2,1-4H3/t30-/m0/s1.